The molecule has 1 atom stereocenters. The van der Waals surface area contributed by atoms with Crippen molar-refractivity contribution >= 4 is 34.1 Å². The quantitative estimate of drug-likeness (QED) is 0.657. The first-order valence-corrected chi connectivity index (χ1v) is 10.2. The van der Waals surface area contributed by atoms with Crippen molar-refractivity contribution < 1.29 is 19.1 Å². The number of anilines is 1. The van der Waals surface area contributed by atoms with Crippen LogP contribution in [0.5, 0.6) is 0 Å². The number of primary amides is 1. The van der Waals surface area contributed by atoms with Crippen molar-refractivity contribution in [3.8, 4) is 0 Å². The fraction of sp³-hybridized carbons (Fsp3) is 0.632. The van der Waals surface area contributed by atoms with E-state index in [2.05, 4.69) is 12.2 Å². The second kappa shape index (κ2) is 9.32. The van der Waals surface area contributed by atoms with Crippen molar-refractivity contribution in [2.45, 2.75) is 53.0 Å². The van der Waals surface area contributed by atoms with Crippen LogP contribution in [0, 0.1) is 5.92 Å². The van der Waals surface area contributed by atoms with E-state index in [1.54, 1.807) is 11.8 Å². The van der Waals surface area contributed by atoms with Gasteiger partial charge >= 0.3 is 5.97 Å². The van der Waals surface area contributed by atoms with Crippen LogP contribution in [0.3, 0.4) is 0 Å². The molecule has 1 aliphatic rings. The number of rotatable bonds is 8. The van der Waals surface area contributed by atoms with E-state index in [9.17, 15) is 14.4 Å². The van der Waals surface area contributed by atoms with Crippen molar-refractivity contribution in [1.29, 1.82) is 0 Å². The maximum atomic E-state index is 12.6. The van der Waals surface area contributed by atoms with E-state index >= 15 is 0 Å². The molecule has 2 amide bonds. The Labute approximate surface area is 164 Å². The number of hydrogen-bond acceptors (Lipinski definition) is 6. The third-order valence-electron chi connectivity index (χ3n) is 4.68. The van der Waals surface area contributed by atoms with Gasteiger partial charge in [0.25, 0.3) is 0 Å². The lowest BCUT2D eigenvalue weighted by Crippen LogP contribution is -2.43. The largest absolute Gasteiger partial charge is 0.462 e. The molecule has 0 fully saturated rings. The summed E-state index contributed by atoms with van der Waals surface area (Å²) >= 11 is 1.45. The molecule has 0 bridgehead atoms. The Balaban J connectivity index is 2.22. The van der Waals surface area contributed by atoms with Crippen LogP contribution in [-0.2, 0) is 27.2 Å². The molecule has 3 N–H and O–H groups in total. The molecule has 1 aliphatic carbocycles. The highest BCUT2D eigenvalue weighted by Crippen LogP contribution is 2.40. The van der Waals surface area contributed by atoms with Gasteiger partial charge in [0.05, 0.1) is 25.3 Å². The molecule has 0 spiro atoms. The van der Waals surface area contributed by atoms with E-state index in [1.807, 2.05) is 13.8 Å². The fourth-order valence-electron chi connectivity index (χ4n) is 3.23. The summed E-state index contributed by atoms with van der Waals surface area (Å²) in [7, 11) is 0. The fourth-order valence-corrected chi connectivity index (χ4v) is 4.64. The maximum Gasteiger partial charge on any atom is 0.341 e. The van der Waals surface area contributed by atoms with Gasteiger partial charge in [-0.3, -0.25) is 14.5 Å². The molecule has 0 radical (unpaired) electrons. The molecule has 0 aliphatic heterocycles. The van der Waals surface area contributed by atoms with Crippen molar-refractivity contribution in [3.63, 3.8) is 0 Å². The number of nitrogens with two attached hydrogens (primary N) is 1. The lowest BCUT2D eigenvalue weighted by atomic mass is 9.88. The summed E-state index contributed by atoms with van der Waals surface area (Å²) in [6, 6.07) is -0.00910. The van der Waals surface area contributed by atoms with Crippen LogP contribution in [0.4, 0.5) is 5.00 Å². The summed E-state index contributed by atoms with van der Waals surface area (Å²) in [4.78, 5) is 39.1. The van der Waals surface area contributed by atoms with Crippen LogP contribution in [0.15, 0.2) is 0 Å². The summed E-state index contributed by atoms with van der Waals surface area (Å²) in [6.45, 7) is 8.07. The molecule has 0 saturated carbocycles. The molecule has 8 heteroatoms. The summed E-state index contributed by atoms with van der Waals surface area (Å²) in [5.74, 6) is -0.592. The van der Waals surface area contributed by atoms with Gasteiger partial charge in [-0.05, 0) is 51.5 Å². The molecule has 1 aromatic heterocycles. The van der Waals surface area contributed by atoms with Crippen LogP contribution in [0.1, 0.15) is 54.9 Å². The Morgan fingerprint density at radius 3 is 2.63 bits per heavy atom. The van der Waals surface area contributed by atoms with Gasteiger partial charge in [0, 0.05) is 10.9 Å². The molecule has 1 heterocycles. The van der Waals surface area contributed by atoms with E-state index in [0.29, 0.717) is 16.5 Å². The molecule has 150 valence electrons. The van der Waals surface area contributed by atoms with Crippen molar-refractivity contribution in [2.75, 3.05) is 25.0 Å². The van der Waals surface area contributed by atoms with Gasteiger partial charge in [-0.25, -0.2) is 4.79 Å². The molecule has 0 unspecified atom stereocenters. The smallest absolute Gasteiger partial charge is 0.341 e. The molecule has 0 aromatic carbocycles. The molecule has 2 rings (SSSR count). The Kier molecular flexibility index (Phi) is 7.38. The van der Waals surface area contributed by atoms with Crippen molar-refractivity contribution in [1.82, 2.24) is 4.90 Å². The summed E-state index contributed by atoms with van der Waals surface area (Å²) < 4.78 is 5.22. The molecule has 7 nitrogen and oxygen atoms in total. The third kappa shape index (κ3) is 5.52. The van der Waals surface area contributed by atoms with Gasteiger partial charge in [-0.15, -0.1) is 11.3 Å². The van der Waals surface area contributed by atoms with E-state index < -0.39 is 11.9 Å². The van der Waals surface area contributed by atoms with E-state index in [1.165, 1.54) is 11.3 Å². The lowest BCUT2D eigenvalue weighted by molar-refractivity contribution is -0.121. The number of amides is 2. The number of carbonyl (C=O) groups is 3. The van der Waals surface area contributed by atoms with Crippen LogP contribution in [0.25, 0.3) is 0 Å². The van der Waals surface area contributed by atoms with Gasteiger partial charge < -0.3 is 15.8 Å². The molecular formula is C19H29N3O4S. The highest BCUT2D eigenvalue weighted by Gasteiger charge is 2.29. The minimum absolute atomic E-state index is 0.00821. The minimum atomic E-state index is -0.482. The van der Waals surface area contributed by atoms with Crippen molar-refractivity contribution in [3.05, 3.63) is 16.0 Å². The number of nitrogens with zero attached hydrogens (tertiary/aromatic N) is 1. The highest BCUT2D eigenvalue weighted by molar-refractivity contribution is 7.17. The van der Waals surface area contributed by atoms with Crippen molar-refractivity contribution in [2.24, 2.45) is 11.7 Å². The van der Waals surface area contributed by atoms with Crippen LogP contribution in [-0.4, -0.2) is 48.4 Å². The van der Waals surface area contributed by atoms with Gasteiger partial charge in [0.15, 0.2) is 0 Å². The maximum absolute atomic E-state index is 12.6. The Morgan fingerprint density at radius 1 is 1.33 bits per heavy atom. The molecular weight excluding hydrogens is 366 g/mol. The zero-order chi connectivity index (χ0) is 20.1. The first kappa shape index (κ1) is 21.4. The second-order valence-electron chi connectivity index (χ2n) is 7.29. The number of esters is 1. The Bertz CT molecular complexity index is 714. The predicted molar refractivity (Wildman–Crippen MR) is 106 cm³/mol. The second-order valence-corrected chi connectivity index (χ2v) is 8.39. The van der Waals surface area contributed by atoms with Gasteiger partial charge in [-0.1, -0.05) is 6.92 Å². The van der Waals surface area contributed by atoms with E-state index in [0.717, 1.165) is 29.7 Å². The average molecular weight is 396 g/mol. The average Bonchev–Trinajstić information content (AvgIpc) is 2.90. The number of ether oxygens (including phenoxy) is 1. The monoisotopic (exact) mass is 395 g/mol. The standard InChI is InChI=1S/C19H29N3O4S/c1-5-26-19(25)17-13-7-6-12(4)8-14(13)27-18(17)21-16(24)10-22(11(2)3)9-15(20)23/h11-12H,5-10H2,1-4H3,(H2,20,23)(H,21,24)/t12-/m0/s1. The zero-order valence-corrected chi connectivity index (χ0v) is 17.3. The number of fused-ring (bicyclic) bond motifs is 1. The molecule has 1 aromatic rings. The van der Waals surface area contributed by atoms with Crippen LogP contribution >= 0.6 is 11.3 Å². The predicted octanol–water partition coefficient (Wildman–Crippen LogP) is 2.18. The third-order valence-corrected chi connectivity index (χ3v) is 5.85. The SMILES string of the molecule is CCOC(=O)c1c(NC(=O)CN(CC(N)=O)C(C)C)sc2c1CC[C@H](C)C2. The van der Waals surface area contributed by atoms with Gasteiger partial charge in [-0.2, -0.15) is 0 Å². The van der Waals surface area contributed by atoms with Crippen LogP contribution < -0.4 is 11.1 Å². The highest BCUT2D eigenvalue weighted by atomic mass is 32.1. The van der Waals surface area contributed by atoms with Gasteiger partial charge in [0.1, 0.15) is 5.00 Å². The Hall–Kier alpha value is -1.93. The first-order valence-electron chi connectivity index (χ1n) is 9.36. The minimum Gasteiger partial charge on any atom is -0.462 e. The topological polar surface area (TPSA) is 102 Å². The Morgan fingerprint density at radius 2 is 2.04 bits per heavy atom. The number of carbonyl (C=O) groups excluding carboxylic acids is 3. The zero-order valence-electron chi connectivity index (χ0n) is 16.5. The normalized spacial score (nSPS) is 16.3. The number of nitrogens with one attached hydrogen (secondary N) is 1. The summed E-state index contributed by atoms with van der Waals surface area (Å²) in [5.41, 5.74) is 6.76. The molecule has 27 heavy (non-hydrogen) atoms. The first-order chi connectivity index (χ1) is 12.7. The summed E-state index contributed by atoms with van der Waals surface area (Å²) in [6.07, 6.45) is 2.74. The van der Waals surface area contributed by atoms with E-state index in [-0.39, 0.29) is 31.6 Å². The van der Waals surface area contributed by atoms with Gasteiger partial charge in [0.2, 0.25) is 11.8 Å². The number of hydrogen-bond donors (Lipinski definition) is 2. The summed E-state index contributed by atoms with van der Waals surface area (Å²) in [5, 5.41) is 3.41. The molecule has 0 saturated heterocycles. The lowest BCUT2D eigenvalue weighted by Gasteiger charge is -2.24. The van der Waals surface area contributed by atoms with E-state index in [4.69, 9.17) is 10.5 Å². The number of thiophene rings is 1. The van der Waals surface area contributed by atoms with Crippen LogP contribution in [0.2, 0.25) is 0 Å².